The molecule has 0 aliphatic heterocycles. The Morgan fingerprint density at radius 3 is 2.82 bits per heavy atom. The molecule has 2 rings (SSSR count). The van der Waals surface area contributed by atoms with Crippen LogP contribution in [0.25, 0.3) is 0 Å². The summed E-state index contributed by atoms with van der Waals surface area (Å²) in [5.41, 5.74) is 0.431. The Morgan fingerprint density at radius 1 is 1.41 bits per heavy atom. The first kappa shape index (κ1) is 11.8. The summed E-state index contributed by atoms with van der Waals surface area (Å²) in [6.07, 6.45) is 2.47. The van der Waals surface area contributed by atoms with Gasteiger partial charge < -0.3 is 0 Å². The predicted octanol–water partition coefficient (Wildman–Crippen LogP) is 2.54. The van der Waals surface area contributed by atoms with E-state index in [0.29, 0.717) is 15.9 Å². The van der Waals surface area contributed by atoms with Crippen molar-refractivity contribution in [3.05, 3.63) is 50.5 Å². The number of nitrogens with zero attached hydrogens (tertiary/aromatic N) is 4. The molecular weight excluding hydrogens is 267 g/mol. The smallest absolute Gasteiger partial charge is 0.260 e. The van der Waals surface area contributed by atoms with Crippen molar-refractivity contribution < 1.29 is 4.92 Å². The van der Waals surface area contributed by atoms with Crippen LogP contribution in [0, 0.1) is 10.1 Å². The molecule has 0 aliphatic carbocycles. The average molecular weight is 273 g/mol. The van der Waals surface area contributed by atoms with E-state index in [1.54, 1.807) is 12.1 Å². The topological polar surface area (TPSA) is 73.8 Å². The van der Waals surface area contributed by atoms with E-state index >= 15 is 0 Å². The molecule has 0 saturated heterocycles. The largest absolute Gasteiger partial charge is 0.307 e. The highest BCUT2D eigenvalue weighted by Gasteiger charge is 2.10. The van der Waals surface area contributed by atoms with E-state index in [4.69, 9.17) is 23.2 Å². The Kier molecular flexibility index (Phi) is 3.26. The van der Waals surface area contributed by atoms with E-state index in [-0.39, 0.29) is 12.2 Å². The fraction of sp³-hybridized carbons (Fsp3) is 0.111. The molecule has 2 aromatic rings. The van der Waals surface area contributed by atoms with Crippen LogP contribution < -0.4 is 0 Å². The number of aromatic nitrogens is 3. The normalized spacial score (nSPS) is 10.5. The standard InChI is InChI=1S/C9H6Cl2N4O2/c10-7-1-2-9(11)13-8(7)5-14-4-6(3-12-14)15(16)17/h1-4H,5H2. The predicted molar refractivity (Wildman–Crippen MR) is 62.2 cm³/mol. The lowest BCUT2D eigenvalue weighted by atomic mass is 10.3. The zero-order chi connectivity index (χ0) is 12.4. The monoisotopic (exact) mass is 272 g/mol. The summed E-state index contributed by atoms with van der Waals surface area (Å²) in [5, 5.41) is 15.1. The third-order valence-electron chi connectivity index (χ3n) is 2.03. The van der Waals surface area contributed by atoms with Gasteiger partial charge in [-0.25, -0.2) is 4.98 Å². The zero-order valence-corrected chi connectivity index (χ0v) is 9.89. The molecule has 0 atom stereocenters. The van der Waals surface area contributed by atoms with Gasteiger partial charge in [-0.2, -0.15) is 5.10 Å². The molecule has 88 valence electrons. The highest BCUT2D eigenvalue weighted by Crippen LogP contribution is 2.18. The molecule has 0 saturated carbocycles. The fourth-order valence-corrected chi connectivity index (χ4v) is 1.59. The van der Waals surface area contributed by atoms with E-state index in [1.807, 2.05) is 0 Å². The van der Waals surface area contributed by atoms with Gasteiger partial charge in [0, 0.05) is 0 Å². The average Bonchev–Trinajstić information content (AvgIpc) is 2.72. The van der Waals surface area contributed by atoms with E-state index in [9.17, 15) is 10.1 Å². The molecule has 0 radical (unpaired) electrons. The fourth-order valence-electron chi connectivity index (χ4n) is 1.26. The summed E-state index contributed by atoms with van der Waals surface area (Å²) >= 11 is 11.7. The summed E-state index contributed by atoms with van der Waals surface area (Å²) in [5.74, 6) is 0. The molecule has 0 unspecified atom stereocenters. The molecule has 0 spiro atoms. The van der Waals surface area contributed by atoms with Gasteiger partial charge in [-0.3, -0.25) is 14.8 Å². The molecule has 0 fully saturated rings. The number of hydrogen-bond donors (Lipinski definition) is 0. The third-order valence-corrected chi connectivity index (χ3v) is 2.58. The van der Waals surface area contributed by atoms with Crippen molar-refractivity contribution in [3.63, 3.8) is 0 Å². The van der Waals surface area contributed by atoms with Gasteiger partial charge in [0.05, 0.1) is 22.2 Å². The van der Waals surface area contributed by atoms with Crippen molar-refractivity contribution in [2.24, 2.45) is 0 Å². The number of halogens is 2. The second-order valence-electron chi connectivity index (χ2n) is 3.22. The lowest BCUT2D eigenvalue weighted by molar-refractivity contribution is -0.385. The second kappa shape index (κ2) is 4.68. The third kappa shape index (κ3) is 2.72. The molecule has 2 heterocycles. The first-order valence-electron chi connectivity index (χ1n) is 4.54. The summed E-state index contributed by atoms with van der Waals surface area (Å²) in [6, 6.07) is 3.18. The van der Waals surface area contributed by atoms with E-state index < -0.39 is 4.92 Å². The molecular formula is C9H6Cl2N4O2. The summed E-state index contributed by atoms with van der Waals surface area (Å²) in [7, 11) is 0. The van der Waals surface area contributed by atoms with Crippen LogP contribution >= 0.6 is 23.2 Å². The molecule has 6 nitrogen and oxygen atoms in total. The molecule has 0 bridgehead atoms. The maximum atomic E-state index is 10.5. The van der Waals surface area contributed by atoms with Crippen molar-refractivity contribution in [1.82, 2.24) is 14.8 Å². The molecule has 2 aromatic heterocycles. The second-order valence-corrected chi connectivity index (χ2v) is 4.01. The van der Waals surface area contributed by atoms with Crippen molar-refractivity contribution in [3.8, 4) is 0 Å². The Bertz CT molecular complexity index is 570. The summed E-state index contributed by atoms with van der Waals surface area (Å²) in [4.78, 5) is 14.0. The van der Waals surface area contributed by atoms with Crippen molar-refractivity contribution in [2.45, 2.75) is 6.54 Å². The van der Waals surface area contributed by atoms with E-state index in [1.165, 1.54) is 17.1 Å². The lowest BCUT2D eigenvalue weighted by Gasteiger charge is -2.03. The van der Waals surface area contributed by atoms with Crippen LogP contribution in [0.5, 0.6) is 0 Å². The number of hydrogen-bond acceptors (Lipinski definition) is 4. The summed E-state index contributed by atoms with van der Waals surface area (Å²) < 4.78 is 1.38. The first-order valence-corrected chi connectivity index (χ1v) is 5.29. The highest BCUT2D eigenvalue weighted by molar-refractivity contribution is 6.32. The number of nitro groups is 1. The highest BCUT2D eigenvalue weighted by atomic mass is 35.5. The van der Waals surface area contributed by atoms with Crippen molar-refractivity contribution >= 4 is 28.9 Å². The van der Waals surface area contributed by atoms with E-state index in [2.05, 4.69) is 10.1 Å². The molecule has 8 heteroatoms. The molecule has 17 heavy (non-hydrogen) atoms. The molecule has 0 aromatic carbocycles. The zero-order valence-electron chi connectivity index (χ0n) is 8.38. The molecule has 0 N–H and O–H groups in total. The Morgan fingerprint density at radius 2 is 2.18 bits per heavy atom. The van der Waals surface area contributed by atoms with Crippen molar-refractivity contribution in [2.75, 3.05) is 0 Å². The Hall–Kier alpha value is -1.66. The number of pyridine rings is 1. The van der Waals surface area contributed by atoms with Crippen LogP contribution in [0.15, 0.2) is 24.5 Å². The quantitative estimate of drug-likeness (QED) is 0.489. The minimum atomic E-state index is -0.517. The van der Waals surface area contributed by atoms with Crippen LogP contribution in [-0.4, -0.2) is 19.7 Å². The van der Waals surface area contributed by atoms with Gasteiger partial charge in [0.2, 0.25) is 0 Å². The van der Waals surface area contributed by atoms with Gasteiger partial charge in [-0.05, 0) is 12.1 Å². The minimum absolute atomic E-state index is 0.0804. The van der Waals surface area contributed by atoms with Gasteiger partial charge in [0.1, 0.15) is 17.5 Å². The first-order chi connectivity index (χ1) is 8.06. The lowest BCUT2D eigenvalue weighted by Crippen LogP contribution is -2.03. The maximum Gasteiger partial charge on any atom is 0.307 e. The summed E-state index contributed by atoms with van der Waals surface area (Å²) in [6.45, 7) is 0.229. The number of rotatable bonds is 3. The van der Waals surface area contributed by atoms with Gasteiger partial charge >= 0.3 is 5.69 Å². The van der Waals surface area contributed by atoms with Crippen LogP contribution in [0.3, 0.4) is 0 Å². The maximum absolute atomic E-state index is 10.5. The van der Waals surface area contributed by atoms with Gasteiger partial charge in [-0.1, -0.05) is 23.2 Å². The van der Waals surface area contributed by atoms with Crippen LogP contribution in [-0.2, 0) is 6.54 Å². The van der Waals surface area contributed by atoms with Gasteiger partial charge in [0.15, 0.2) is 0 Å². The SMILES string of the molecule is O=[N+]([O-])c1cnn(Cc2nc(Cl)ccc2Cl)c1. The van der Waals surface area contributed by atoms with Crippen molar-refractivity contribution in [1.29, 1.82) is 0 Å². The molecule has 0 aliphatic rings. The van der Waals surface area contributed by atoms with Crippen LogP contribution in [0.4, 0.5) is 5.69 Å². The minimum Gasteiger partial charge on any atom is -0.260 e. The van der Waals surface area contributed by atoms with Crippen LogP contribution in [0.2, 0.25) is 10.2 Å². The Labute approximate surface area is 106 Å². The Balaban J connectivity index is 2.25. The van der Waals surface area contributed by atoms with Gasteiger partial charge in [0.25, 0.3) is 0 Å². The molecule has 0 amide bonds. The van der Waals surface area contributed by atoms with Gasteiger partial charge in [-0.15, -0.1) is 0 Å². The van der Waals surface area contributed by atoms with E-state index in [0.717, 1.165) is 0 Å². The van der Waals surface area contributed by atoms with Crippen LogP contribution in [0.1, 0.15) is 5.69 Å².